The molecule has 0 spiro atoms. The Morgan fingerprint density at radius 2 is 1.96 bits per heavy atom. The Hall–Kier alpha value is -2.22. The molecule has 0 unspecified atom stereocenters. The summed E-state index contributed by atoms with van der Waals surface area (Å²) in [5.41, 5.74) is 3.73. The summed E-state index contributed by atoms with van der Waals surface area (Å²) in [6.45, 7) is 3.32. The molecule has 0 saturated heterocycles. The summed E-state index contributed by atoms with van der Waals surface area (Å²) in [7, 11) is -3.64. The number of aromatic nitrogens is 2. The minimum atomic E-state index is -3.64. The van der Waals surface area contributed by atoms with E-state index in [0.29, 0.717) is 0 Å². The maximum Gasteiger partial charge on any atom is 0.240 e. The van der Waals surface area contributed by atoms with Crippen LogP contribution in [0.5, 0.6) is 0 Å². The van der Waals surface area contributed by atoms with E-state index in [1.54, 1.807) is 37.4 Å². The Bertz CT molecular complexity index is 962. The maximum atomic E-state index is 12.2. The summed E-state index contributed by atoms with van der Waals surface area (Å²) in [5, 5.41) is 10.0. The quantitative estimate of drug-likeness (QED) is 0.660. The van der Waals surface area contributed by atoms with Crippen LogP contribution in [-0.2, 0) is 10.0 Å². The Morgan fingerprint density at radius 3 is 2.62 bits per heavy atom. The zero-order chi connectivity index (χ0) is 17.3. The number of sulfonamides is 1. The SMILES string of the molecule is Cc1cc2c(-c3ccc(S(=O)(=O)N[C@H](C)CO)cc3)ccnc2[nH]1. The van der Waals surface area contributed by atoms with Crippen molar-refractivity contribution in [2.45, 2.75) is 24.8 Å². The topological polar surface area (TPSA) is 95.1 Å². The number of aliphatic hydroxyl groups is 1. The number of aliphatic hydroxyl groups excluding tert-OH is 1. The van der Waals surface area contributed by atoms with Gasteiger partial charge in [0.25, 0.3) is 0 Å². The summed E-state index contributed by atoms with van der Waals surface area (Å²) >= 11 is 0. The summed E-state index contributed by atoms with van der Waals surface area (Å²) in [6, 6.07) is 10.1. The van der Waals surface area contributed by atoms with Gasteiger partial charge in [0.2, 0.25) is 10.0 Å². The predicted octanol–water partition coefficient (Wildman–Crippen LogP) is 2.20. The number of fused-ring (bicyclic) bond motifs is 1. The summed E-state index contributed by atoms with van der Waals surface area (Å²) in [5.74, 6) is 0. The lowest BCUT2D eigenvalue weighted by atomic mass is 10.0. The molecule has 3 aromatic rings. The van der Waals surface area contributed by atoms with E-state index in [1.807, 2.05) is 19.1 Å². The number of nitrogens with zero attached hydrogens (tertiary/aromatic N) is 1. The van der Waals surface area contributed by atoms with E-state index in [9.17, 15) is 8.42 Å². The van der Waals surface area contributed by atoms with Gasteiger partial charge >= 0.3 is 0 Å². The molecular weight excluding hydrogens is 326 g/mol. The second kappa shape index (κ2) is 6.35. The molecule has 1 atom stereocenters. The van der Waals surface area contributed by atoms with Crippen LogP contribution in [0.25, 0.3) is 22.2 Å². The van der Waals surface area contributed by atoms with Crippen molar-refractivity contribution in [1.29, 1.82) is 0 Å². The first kappa shape index (κ1) is 16.6. The van der Waals surface area contributed by atoms with Crippen molar-refractivity contribution in [2.24, 2.45) is 0 Å². The normalized spacial score (nSPS) is 13.3. The zero-order valence-corrected chi connectivity index (χ0v) is 14.3. The molecular formula is C17H19N3O3S. The third kappa shape index (κ3) is 3.19. The lowest BCUT2D eigenvalue weighted by molar-refractivity contribution is 0.265. The van der Waals surface area contributed by atoms with Crippen molar-refractivity contribution in [3.63, 3.8) is 0 Å². The number of aromatic amines is 1. The van der Waals surface area contributed by atoms with Crippen LogP contribution in [0.4, 0.5) is 0 Å². The second-order valence-corrected chi connectivity index (χ2v) is 7.52. The average Bonchev–Trinajstić information content (AvgIpc) is 2.94. The molecule has 0 fully saturated rings. The molecule has 6 nitrogen and oxygen atoms in total. The van der Waals surface area contributed by atoms with Crippen molar-refractivity contribution >= 4 is 21.1 Å². The van der Waals surface area contributed by atoms with Gasteiger partial charge in [-0.05, 0) is 49.2 Å². The Morgan fingerprint density at radius 1 is 1.25 bits per heavy atom. The monoisotopic (exact) mass is 345 g/mol. The van der Waals surface area contributed by atoms with Crippen molar-refractivity contribution in [3.05, 3.63) is 48.3 Å². The molecule has 3 rings (SSSR count). The summed E-state index contributed by atoms with van der Waals surface area (Å²) in [4.78, 5) is 7.66. The van der Waals surface area contributed by atoms with Gasteiger partial charge in [0.1, 0.15) is 5.65 Å². The van der Waals surface area contributed by atoms with Gasteiger partial charge in [0.15, 0.2) is 0 Å². The van der Waals surface area contributed by atoms with E-state index in [2.05, 4.69) is 14.7 Å². The first-order valence-corrected chi connectivity index (χ1v) is 9.07. The van der Waals surface area contributed by atoms with Crippen LogP contribution in [0.3, 0.4) is 0 Å². The maximum absolute atomic E-state index is 12.2. The van der Waals surface area contributed by atoms with Crippen molar-refractivity contribution in [2.75, 3.05) is 6.61 Å². The third-order valence-corrected chi connectivity index (χ3v) is 5.38. The van der Waals surface area contributed by atoms with Gasteiger partial charge in [-0.25, -0.2) is 18.1 Å². The predicted molar refractivity (Wildman–Crippen MR) is 93.1 cm³/mol. The average molecular weight is 345 g/mol. The van der Waals surface area contributed by atoms with E-state index < -0.39 is 16.1 Å². The Balaban J connectivity index is 1.97. The number of benzene rings is 1. The standard InChI is InChI=1S/C17H19N3O3S/c1-11-9-16-15(7-8-18-17(16)19-11)13-3-5-14(6-4-13)24(22,23)20-12(2)10-21/h3-9,12,20-21H,10H2,1-2H3,(H,18,19)/t12-/m1/s1. The van der Waals surface area contributed by atoms with Crippen molar-refractivity contribution in [1.82, 2.24) is 14.7 Å². The van der Waals surface area contributed by atoms with E-state index in [4.69, 9.17) is 5.11 Å². The molecule has 0 amide bonds. The summed E-state index contributed by atoms with van der Waals surface area (Å²) < 4.78 is 26.9. The second-order valence-electron chi connectivity index (χ2n) is 5.80. The lowest BCUT2D eigenvalue weighted by Crippen LogP contribution is -2.34. The fourth-order valence-electron chi connectivity index (χ4n) is 2.59. The molecule has 3 N–H and O–H groups in total. The molecule has 0 aliphatic heterocycles. The van der Waals surface area contributed by atoms with Crippen LogP contribution in [0.1, 0.15) is 12.6 Å². The largest absolute Gasteiger partial charge is 0.395 e. The van der Waals surface area contributed by atoms with E-state index in [1.165, 1.54) is 0 Å². The fourth-order valence-corrected chi connectivity index (χ4v) is 3.83. The van der Waals surface area contributed by atoms with Crippen molar-refractivity contribution < 1.29 is 13.5 Å². The molecule has 126 valence electrons. The minimum Gasteiger partial charge on any atom is -0.395 e. The van der Waals surface area contributed by atoms with Crippen LogP contribution in [0.15, 0.2) is 47.5 Å². The molecule has 2 aromatic heterocycles. The minimum absolute atomic E-state index is 0.169. The first-order valence-electron chi connectivity index (χ1n) is 7.58. The molecule has 0 radical (unpaired) electrons. The highest BCUT2D eigenvalue weighted by molar-refractivity contribution is 7.89. The number of rotatable bonds is 5. The number of hydrogen-bond donors (Lipinski definition) is 3. The highest BCUT2D eigenvalue weighted by atomic mass is 32.2. The molecule has 2 heterocycles. The van der Waals surface area contributed by atoms with E-state index >= 15 is 0 Å². The number of aryl methyl sites for hydroxylation is 1. The Labute approximate surface area is 140 Å². The van der Waals surface area contributed by atoms with Crippen molar-refractivity contribution in [3.8, 4) is 11.1 Å². The Kier molecular flexibility index (Phi) is 4.40. The van der Waals surface area contributed by atoms with Crippen LogP contribution in [-0.4, -0.2) is 36.1 Å². The number of hydrogen-bond acceptors (Lipinski definition) is 4. The van der Waals surface area contributed by atoms with Crippen LogP contribution in [0, 0.1) is 6.92 Å². The van der Waals surface area contributed by atoms with E-state index in [0.717, 1.165) is 27.9 Å². The number of nitrogens with one attached hydrogen (secondary N) is 2. The molecule has 7 heteroatoms. The van der Waals surface area contributed by atoms with Crippen LogP contribution in [0.2, 0.25) is 0 Å². The van der Waals surface area contributed by atoms with Crippen LogP contribution < -0.4 is 4.72 Å². The van der Waals surface area contributed by atoms with Gasteiger partial charge in [-0.2, -0.15) is 0 Å². The number of pyridine rings is 1. The fraction of sp³-hybridized carbons (Fsp3) is 0.235. The molecule has 0 saturated carbocycles. The highest BCUT2D eigenvalue weighted by Gasteiger charge is 2.17. The van der Waals surface area contributed by atoms with Gasteiger partial charge in [0.05, 0.1) is 11.5 Å². The van der Waals surface area contributed by atoms with E-state index in [-0.39, 0.29) is 11.5 Å². The van der Waals surface area contributed by atoms with Gasteiger partial charge < -0.3 is 10.1 Å². The molecule has 1 aromatic carbocycles. The van der Waals surface area contributed by atoms with Gasteiger partial charge in [0, 0.05) is 23.3 Å². The van der Waals surface area contributed by atoms with Gasteiger partial charge in [-0.15, -0.1) is 0 Å². The third-order valence-electron chi connectivity index (χ3n) is 3.77. The first-order chi connectivity index (χ1) is 11.4. The molecule has 0 aliphatic carbocycles. The zero-order valence-electron chi connectivity index (χ0n) is 13.4. The van der Waals surface area contributed by atoms with Gasteiger partial charge in [-0.3, -0.25) is 0 Å². The molecule has 0 bridgehead atoms. The number of H-pyrrole nitrogens is 1. The summed E-state index contributed by atoms with van der Waals surface area (Å²) in [6.07, 6.45) is 1.72. The van der Waals surface area contributed by atoms with Crippen LogP contribution >= 0.6 is 0 Å². The molecule has 0 aliphatic rings. The molecule has 24 heavy (non-hydrogen) atoms. The van der Waals surface area contributed by atoms with Gasteiger partial charge in [-0.1, -0.05) is 12.1 Å². The highest BCUT2D eigenvalue weighted by Crippen LogP contribution is 2.28. The smallest absolute Gasteiger partial charge is 0.240 e. The lowest BCUT2D eigenvalue weighted by Gasteiger charge is -2.12.